The Balaban J connectivity index is 1.82. The van der Waals surface area contributed by atoms with Crippen molar-refractivity contribution < 1.29 is 4.74 Å². The van der Waals surface area contributed by atoms with Crippen molar-refractivity contribution in [3.63, 3.8) is 0 Å². The van der Waals surface area contributed by atoms with Crippen molar-refractivity contribution in [2.45, 2.75) is 38.8 Å². The number of rotatable bonds is 6. The first-order valence-electron chi connectivity index (χ1n) is 6.20. The van der Waals surface area contributed by atoms with Crippen LogP contribution in [0.5, 0.6) is 5.75 Å². The monoisotopic (exact) mass is 219 g/mol. The summed E-state index contributed by atoms with van der Waals surface area (Å²) in [7, 11) is 1.72. The normalized spacial score (nSPS) is 23.1. The van der Waals surface area contributed by atoms with Gasteiger partial charge in [0.15, 0.2) is 0 Å². The molecule has 1 aliphatic rings. The van der Waals surface area contributed by atoms with Gasteiger partial charge in [-0.05, 0) is 24.1 Å². The van der Waals surface area contributed by atoms with Gasteiger partial charge in [0.05, 0.1) is 7.11 Å². The summed E-state index contributed by atoms with van der Waals surface area (Å²) in [5, 5.41) is 0. The molecule has 2 heteroatoms. The molecule has 0 spiro atoms. The summed E-state index contributed by atoms with van der Waals surface area (Å²) in [6.07, 6.45) is 4.03. The summed E-state index contributed by atoms with van der Waals surface area (Å²) >= 11 is 0. The largest absolute Gasteiger partial charge is 0.497 e. The fourth-order valence-corrected chi connectivity index (χ4v) is 2.14. The summed E-state index contributed by atoms with van der Waals surface area (Å²) in [5.41, 5.74) is 1.36. The minimum absolute atomic E-state index is 0.839. The maximum Gasteiger partial charge on any atom is 0.119 e. The number of nitrogens with zero attached hydrogens (tertiary/aromatic N) is 1. The van der Waals surface area contributed by atoms with Crippen molar-refractivity contribution >= 4 is 0 Å². The van der Waals surface area contributed by atoms with Crippen LogP contribution in [0, 0.1) is 0 Å². The predicted octanol–water partition coefficient (Wildman–Crippen LogP) is 3.07. The quantitative estimate of drug-likeness (QED) is 0.682. The van der Waals surface area contributed by atoms with E-state index in [9.17, 15) is 0 Å². The average molecular weight is 219 g/mol. The van der Waals surface area contributed by atoms with Crippen LogP contribution in [0.15, 0.2) is 24.3 Å². The molecule has 2 atom stereocenters. The molecule has 0 N–H and O–H groups in total. The van der Waals surface area contributed by atoms with Crippen LogP contribution in [0.25, 0.3) is 0 Å². The number of methoxy groups -OCH3 is 1. The van der Waals surface area contributed by atoms with Gasteiger partial charge in [-0.25, -0.2) is 0 Å². The maximum atomic E-state index is 5.23. The fraction of sp³-hybridized carbons (Fsp3) is 0.571. The molecule has 16 heavy (non-hydrogen) atoms. The number of hydrogen-bond donors (Lipinski definition) is 0. The highest BCUT2D eigenvalue weighted by Crippen LogP contribution is 2.26. The van der Waals surface area contributed by atoms with Gasteiger partial charge in [0.25, 0.3) is 0 Å². The Kier molecular flexibility index (Phi) is 3.83. The lowest BCUT2D eigenvalue weighted by molar-refractivity contribution is 0.412. The molecule has 0 aliphatic carbocycles. The van der Waals surface area contributed by atoms with Gasteiger partial charge in [-0.15, -0.1) is 0 Å². The minimum atomic E-state index is 0.839. The van der Waals surface area contributed by atoms with Crippen molar-refractivity contribution in [1.82, 2.24) is 4.90 Å². The second kappa shape index (κ2) is 5.35. The molecule has 0 radical (unpaired) electrons. The maximum absolute atomic E-state index is 5.23. The third-order valence-corrected chi connectivity index (χ3v) is 3.24. The molecule has 2 rings (SSSR count). The van der Waals surface area contributed by atoms with E-state index in [1.807, 2.05) is 6.07 Å². The third-order valence-electron chi connectivity index (χ3n) is 3.24. The topological polar surface area (TPSA) is 12.2 Å². The molecular weight excluding hydrogens is 198 g/mol. The molecule has 1 aromatic rings. The third kappa shape index (κ3) is 2.99. The summed E-state index contributed by atoms with van der Waals surface area (Å²) in [5.74, 6) is 0.962. The standard InChI is InChI=1S/C14H21NO/c1-3-4-7-13-11-15(13)10-12-6-5-8-14(9-12)16-2/h5-6,8-9,13H,3-4,7,10-11H2,1-2H3/t13-,15?/m1/s1. The van der Waals surface area contributed by atoms with E-state index in [1.54, 1.807) is 7.11 Å². The summed E-state index contributed by atoms with van der Waals surface area (Å²) in [4.78, 5) is 2.53. The lowest BCUT2D eigenvalue weighted by Gasteiger charge is -2.06. The first kappa shape index (κ1) is 11.5. The molecule has 0 saturated carbocycles. The Morgan fingerprint density at radius 3 is 3.06 bits per heavy atom. The first-order chi connectivity index (χ1) is 7.83. The zero-order chi connectivity index (χ0) is 11.4. The highest BCUT2D eigenvalue weighted by Gasteiger charge is 2.32. The highest BCUT2D eigenvalue weighted by molar-refractivity contribution is 5.28. The van der Waals surface area contributed by atoms with Gasteiger partial charge >= 0.3 is 0 Å². The smallest absolute Gasteiger partial charge is 0.119 e. The van der Waals surface area contributed by atoms with Crippen LogP contribution in [0.1, 0.15) is 31.7 Å². The zero-order valence-electron chi connectivity index (χ0n) is 10.3. The van der Waals surface area contributed by atoms with E-state index >= 15 is 0 Å². The number of ether oxygens (including phenoxy) is 1. The summed E-state index contributed by atoms with van der Waals surface area (Å²) < 4.78 is 5.23. The Hall–Kier alpha value is -1.02. The number of benzene rings is 1. The van der Waals surface area contributed by atoms with Crippen LogP contribution in [-0.2, 0) is 6.54 Å². The van der Waals surface area contributed by atoms with Crippen LogP contribution in [0.2, 0.25) is 0 Å². The van der Waals surface area contributed by atoms with Gasteiger partial charge in [-0.1, -0.05) is 31.9 Å². The van der Waals surface area contributed by atoms with E-state index in [1.165, 1.54) is 31.4 Å². The van der Waals surface area contributed by atoms with Crippen molar-refractivity contribution in [3.05, 3.63) is 29.8 Å². The summed E-state index contributed by atoms with van der Waals surface area (Å²) in [6, 6.07) is 9.22. The molecule has 1 aromatic carbocycles. The van der Waals surface area contributed by atoms with Crippen LogP contribution in [0.3, 0.4) is 0 Å². The van der Waals surface area contributed by atoms with Crippen molar-refractivity contribution in [2.24, 2.45) is 0 Å². The Bertz CT molecular complexity index is 337. The van der Waals surface area contributed by atoms with Gasteiger partial charge < -0.3 is 4.74 Å². The van der Waals surface area contributed by atoms with Gasteiger partial charge in [-0.2, -0.15) is 0 Å². The SMILES string of the molecule is CCCC[C@@H]1CN1Cc1cccc(OC)c1. The molecule has 1 unspecified atom stereocenters. The molecular formula is C14H21NO. The second-order valence-electron chi connectivity index (χ2n) is 4.58. The highest BCUT2D eigenvalue weighted by atomic mass is 16.5. The van der Waals surface area contributed by atoms with E-state index in [0.29, 0.717) is 0 Å². The molecule has 1 aliphatic heterocycles. The van der Waals surface area contributed by atoms with Crippen LogP contribution in [0.4, 0.5) is 0 Å². The zero-order valence-corrected chi connectivity index (χ0v) is 10.3. The fourth-order valence-electron chi connectivity index (χ4n) is 2.14. The van der Waals surface area contributed by atoms with E-state index < -0.39 is 0 Å². The van der Waals surface area contributed by atoms with E-state index in [-0.39, 0.29) is 0 Å². The lowest BCUT2D eigenvalue weighted by Crippen LogP contribution is -2.02. The molecule has 1 heterocycles. The first-order valence-corrected chi connectivity index (χ1v) is 6.20. The Labute approximate surface area is 98.2 Å². The molecule has 2 nitrogen and oxygen atoms in total. The Morgan fingerprint density at radius 2 is 2.31 bits per heavy atom. The molecule has 0 aromatic heterocycles. The predicted molar refractivity (Wildman–Crippen MR) is 66.7 cm³/mol. The van der Waals surface area contributed by atoms with Gasteiger partial charge in [0.2, 0.25) is 0 Å². The molecule has 1 saturated heterocycles. The molecule has 88 valence electrons. The van der Waals surface area contributed by atoms with Crippen LogP contribution >= 0.6 is 0 Å². The molecule has 0 amide bonds. The molecule has 0 bridgehead atoms. The van der Waals surface area contributed by atoms with Crippen LogP contribution < -0.4 is 4.74 Å². The van der Waals surface area contributed by atoms with Crippen molar-refractivity contribution in [2.75, 3.05) is 13.7 Å². The van der Waals surface area contributed by atoms with E-state index in [4.69, 9.17) is 4.74 Å². The van der Waals surface area contributed by atoms with Gasteiger partial charge in [0, 0.05) is 19.1 Å². The minimum Gasteiger partial charge on any atom is -0.497 e. The van der Waals surface area contributed by atoms with E-state index in [2.05, 4.69) is 30.0 Å². The molecule has 1 fully saturated rings. The second-order valence-corrected chi connectivity index (χ2v) is 4.58. The lowest BCUT2D eigenvalue weighted by atomic mass is 10.2. The number of hydrogen-bond acceptors (Lipinski definition) is 2. The number of unbranched alkanes of at least 4 members (excludes halogenated alkanes) is 1. The van der Waals surface area contributed by atoms with Crippen molar-refractivity contribution in [3.8, 4) is 5.75 Å². The Morgan fingerprint density at radius 1 is 1.44 bits per heavy atom. The van der Waals surface area contributed by atoms with E-state index in [0.717, 1.165) is 18.3 Å². The average Bonchev–Trinajstić information content (AvgIpc) is 3.05. The van der Waals surface area contributed by atoms with Crippen LogP contribution in [-0.4, -0.2) is 24.6 Å². The van der Waals surface area contributed by atoms with Gasteiger partial charge in [-0.3, -0.25) is 4.90 Å². The van der Waals surface area contributed by atoms with Gasteiger partial charge in [0.1, 0.15) is 5.75 Å². The summed E-state index contributed by atoms with van der Waals surface area (Å²) in [6.45, 7) is 4.61. The van der Waals surface area contributed by atoms with Crippen molar-refractivity contribution in [1.29, 1.82) is 0 Å².